The van der Waals surface area contributed by atoms with E-state index < -0.39 is 0 Å². The van der Waals surface area contributed by atoms with Gasteiger partial charge in [0.25, 0.3) is 11.1 Å². The van der Waals surface area contributed by atoms with Crippen molar-refractivity contribution in [3.8, 4) is 17.2 Å². The van der Waals surface area contributed by atoms with Gasteiger partial charge < -0.3 is 14.2 Å². The molecule has 0 radical (unpaired) electrons. The van der Waals surface area contributed by atoms with Gasteiger partial charge in [-0.1, -0.05) is 54.6 Å². The molecular formula is C33H30INO5S. The van der Waals surface area contributed by atoms with Gasteiger partial charge in [-0.15, -0.1) is 0 Å². The summed E-state index contributed by atoms with van der Waals surface area (Å²) in [4.78, 5) is 27.4. The van der Waals surface area contributed by atoms with Crippen LogP contribution in [0.1, 0.15) is 29.2 Å². The topological polar surface area (TPSA) is 65.1 Å². The van der Waals surface area contributed by atoms with Crippen LogP contribution in [0, 0.1) is 17.4 Å². The van der Waals surface area contributed by atoms with Gasteiger partial charge in [0.05, 0.1) is 21.6 Å². The molecule has 0 atom stereocenters. The third kappa shape index (κ3) is 6.70. The first-order valence-corrected chi connectivity index (χ1v) is 15.2. The van der Waals surface area contributed by atoms with Crippen LogP contribution in [0.4, 0.5) is 4.79 Å². The van der Waals surface area contributed by atoms with Crippen molar-refractivity contribution in [1.29, 1.82) is 0 Å². The van der Waals surface area contributed by atoms with Crippen LogP contribution in [0.3, 0.4) is 0 Å². The minimum Gasteiger partial charge on any atom is -0.491 e. The molecule has 0 aromatic heterocycles. The Kier molecular flexibility index (Phi) is 9.19. The minimum absolute atomic E-state index is 0.179. The summed E-state index contributed by atoms with van der Waals surface area (Å²) in [5.41, 5.74) is 3.94. The van der Waals surface area contributed by atoms with E-state index in [-0.39, 0.29) is 24.3 Å². The Morgan fingerprint density at radius 3 is 2.54 bits per heavy atom. The van der Waals surface area contributed by atoms with E-state index in [4.69, 9.17) is 14.2 Å². The molecule has 210 valence electrons. The maximum Gasteiger partial charge on any atom is 0.293 e. The molecule has 6 nitrogen and oxygen atoms in total. The number of rotatable bonds is 10. The number of hydrogen-bond acceptors (Lipinski definition) is 6. The summed E-state index contributed by atoms with van der Waals surface area (Å²) in [7, 11) is 0. The van der Waals surface area contributed by atoms with Gasteiger partial charge in [0, 0.05) is 0 Å². The molecule has 0 spiro atoms. The van der Waals surface area contributed by atoms with Crippen molar-refractivity contribution in [3.63, 3.8) is 0 Å². The Bertz CT molecular complexity index is 1650. The lowest BCUT2D eigenvalue weighted by Gasteiger charge is -2.16. The predicted molar refractivity (Wildman–Crippen MR) is 173 cm³/mol. The maximum atomic E-state index is 13.1. The maximum absolute atomic E-state index is 13.1. The highest BCUT2D eigenvalue weighted by Crippen LogP contribution is 2.38. The van der Waals surface area contributed by atoms with E-state index in [2.05, 4.69) is 46.9 Å². The molecule has 0 aliphatic carbocycles. The van der Waals surface area contributed by atoms with E-state index in [0.717, 1.165) is 54.1 Å². The van der Waals surface area contributed by atoms with Gasteiger partial charge >= 0.3 is 0 Å². The number of carbonyl (C=O) groups excluding carboxylic acids is 2. The van der Waals surface area contributed by atoms with Crippen LogP contribution >= 0.6 is 34.4 Å². The molecule has 4 aromatic carbocycles. The van der Waals surface area contributed by atoms with Crippen molar-refractivity contribution < 1.29 is 23.8 Å². The highest BCUT2D eigenvalue weighted by molar-refractivity contribution is 14.1. The number of thioether (sulfide) groups is 1. The van der Waals surface area contributed by atoms with Gasteiger partial charge in [-0.3, -0.25) is 14.5 Å². The van der Waals surface area contributed by atoms with E-state index in [1.165, 1.54) is 4.90 Å². The number of aryl methyl sites for hydroxylation is 2. The molecule has 41 heavy (non-hydrogen) atoms. The number of halogens is 1. The van der Waals surface area contributed by atoms with Crippen molar-refractivity contribution in [3.05, 3.63) is 104 Å². The van der Waals surface area contributed by atoms with Crippen LogP contribution in [-0.4, -0.2) is 35.8 Å². The fraction of sp³-hybridized carbons (Fsp3) is 0.212. The number of nitrogens with zero attached hydrogens (tertiary/aromatic N) is 1. The first-order chi connectivity index (χ1) is 19.8. The summed E-state index contributed by atoms with van der Waals surface area (Å²) >= 11 is 3.16. The van der Waals surface area contributed by atoms with Crippen LogP contribution in [0.5, 0.6) is 17.2 Å². The number of carbonyl (C=O) groups is 2. The summed E-state index contributed by atoms with van der Waals surface area (Å²) in [6.07, 6.45) is 1.73. The van der Waals surface area contributed by atoms with Crippen LogP contribution in [0.2, 0.25) is 0 Å². The first kappa shape index (κ1) is 29.0. The Morgan fingerprint density at radius 2 is 1.71 bits per heavy atom. The average Bonchev–Trinajstić information content (AvgIpc) is 3.22. The van der Waals surface area contributed by atoms with Gasteiger partial charge in [-0.05, 0) is 112 Å². The summed E-state index contributed by atoms with van der Waals surface area (Å²) in [6, 6.07) is 24.1. The number of fused-ring (bicyclic) bond motifs is 1. The summed E-state index contributed by atoms with van der Waals surface area (Å²) < 4.78 is 18.9. The van der Waals surface area contributed by atoms with Crippen molar-refractivity contribution >= 4 is 62.3 Å². The number of ether oxygens (including phenoxy) is 3. The summed E-state index contributed by atoms with van der Waals surface area (Å²) in [6.45, 7) is 7.13. The molecule has 1 aliphatic heterocycles. The van der Waals surface area contributed by atoms with Gasteiger partial charge in [0.2, 0.25) is 0 Å². The zero-order valence-electron chi connectivity index (χ0n) is 23.1. The lowest BCUT2D eigenvalue weighted by atomic mass is 10.1. The molecule has 2 amide bonds. The quantitative estimate of drug-likeness (QED) is 0.125. The van der Waals surface area contributed by atoms with Crippen LogP contribution < -0.4 is 14.2 Å². The Labute approximate surface area is 257 Å². The molecule has 0 bridgehead atoms. The fourth-order valence-electron chi connectivity index (χ4n) is 4.60. The number of imide groups is 1. The zero-order valence-corrected chi connectivity index (χ0v) is 26.1. The first-order valence-electron chi connectivity index (χ1n) is 13.3. The fourth-order valence-corrected chi connectivity index (χ4v) is 6.24. The van der Waals surface area contributed by atoms with E-state index in [0.29, 0.717) is 29.6 Å². The van der Waals surface area contributed by atoms with Gasteiger partial charge in [0.15, 0.2) is 11.5 Å². The lowest BCUT2D eigenvalue weighted by molar-refractivity contribution is -0.123. The molecule has 8 heteroatoms. The SMILES string of the molecule is CCOc1cc(/C=C2\SC(=O)N(CCOc3cc(C)ccc3C)C2=O)cc(I)c1OCc1cccc2ccccc12. The van der Waals surface area contributed by atoms with Crippen LogP contribution in [-0.2, 0) is 11.4 Å². The Balaban J connectivity index is 1.30. The van der Waals surface area contributed by atoms with E-state index in [1.807, 2.05) is 69.3 Å². The highest BCUT2D eigenvalue weighted by atomic mass is 127. The second-order valence-electron chi connectivity index (χ2n) is 9.64. The van der Waals surface area contributed by atoms with Crippen molar-refractivity contribution in [2.45, 2.75) is 27.4 Å². The van der Waals surface area contributed by atoms with Crippen LogP contribution in [0.15, 0.2) is 77.7 Å². The van der Waals surface area contributed by atoms with Crippen molar-refractivity contribution in [1.82, 2.24) is 4.90 Å². The Hall–Kier alpha value is -3.50. The monoisotopic (exact) mass is 679 g/mol. The minimum atomic E-state index is -0.325. The molecule has 1 aliphatic rings. The molecule has 1 saturated heterocycles. The third-order valence-electron chi connectivity index (χ3n) is 6.67. The van der Waals surface area contributed by atoms with Crippen LogP contribution in [0.25, 0.3) is 16.8 Å². The second-order valence-corrected chi connectivity index (χ2v) is 11.8. The van der Waals surface area contributed by atoms with Crippen molar-refractivity contribution in [2.75, 3.05) is 19.8 Å². The summed E-state index contributed by atoms with van der Waals surface area (Å²) in [5, 5.41) is 2.00. The van der Waals surface area contributed by atoms with E-state index in [9.17, 15) is 9.59 Å². The third-order valence-corrected chi connectivity index (χ3v) is 8.38. The molecule has 5 rings (SSSR count). The molecule has 4 aromatic rings. The van der Waals surface area contributed by atoms with Gasteiger partial charge in [-0.25, -0.2) is 0 Å². The predicted octanol–water partition coefficient (Wildman–Crippen LogP) is 8.15. The molecular weight excluding hydrogens is 649 g/mol. The van der Waals surface area contributed by atoms with Gasteiger partial charge in [0.1, 0.15) is 19.0 Å². The van der Waals surface area contributed by atoms with E-state index in [1.54, 1.807) is 6.08 Å². The largest absolute Gasteiger partial charge is 0.491 e. The van der Waals surface area contributed by atoms with E-state index >= 15 is 0 Å². The smallest absolute Gasteiger partial charge is 0.293 e. The molecule has 0 saturated carbocycles. The van der Waals surface area contributed by atoms with Crippen molar-refractivity contribution in [2.24, 2.45) is 0 Å². The highest BCUT2D eigenvalue weighted by Gasteiger charge is 2.35. The number of hydrogen-bond donors (Lipinski definition) is 0. The molecule has 1 fully saturated rings. The normalized spacial score (nSPS) is 14.2. The Morgan fingerprint density at radius 1 is 0.902 bits per heavy atom. The number of amides is 2. The average molecular weight is 680 g/mol. The standard InChI is InChI=1S/C33H30INO5S/c1-4-38-29-18-23(17-27(34)31(29)40-20-25-10-7-9-24-8-5-6-11-26(24)25)19-30-32(36)35(33(37)41-30)14-15-39-28-16-21(2)12-13-22(28)3/h5-13,16-19H,4,14-15,20H2,1-3H3/b30-19-. The van der Waals surface area contributed by atoms with Gasteiger partial charge in [-0.2, -0.15) is 0 Å². The lowest BCUT2D eigenvalue weighted by Crippen LogP contribution is -2.32. The zero-order chi connectivity index (χ0) is 28.9. The molecule has 1 heterocycles. The summed E-state index contributed by atoms with van der Waals surface area (Å²) in [5.74, 6) is 1.67. The second kappa shape index (κ2) is 13.0. The molecule has 0 unspecified atom stereocenters. The number of benzene rings is 4. The molecule has 0 N–H and O–H groups in total.